The third kappa shape index (κ3) is 5.17. The molecule has 2 heterocycles. The number of carbonyl (C=O) groups is 1. The van der Waals surface area contributed by atoms with Crippen LogP contribution in [0.25, 0.3) is 21.2 Å². The number of thiophene rings is 1. The van der Waals surface area contributed by atoms with Crippen molar-refractivity contribution < 1.29 is 9.18 Å². The molecule has 0 aliphatic carbocycles. The largest absolute Gasteiger partial charge is 0.383 e. The van der Waals surface area contributed by atoms with Gasteiger partial charge in [-0.05, 0) is 54.2 Å². The Kier molecular flexibility index (Phi) is 7.07. The molecule has 4 rings (SSSR count). The van der Waals surface area contributed by atoms with Gasteiger partial charge in [-0.2, -0.15) is 0 Å². The number of anilines is 3. The Morgan fingerprint density at radius 3 is 2.74 bits per heavy atom. The molecule has 0 spiro atoms. The van der Waals surface area contributed by atoms with Crippen LogP contribution in [0.1, 0.15) is 18.1 Å². The highest BCUT2D eigenvalue weighted by atomic mass is 32.1. The number of amides is 2. The van der Waals surface area contributed by atoms with Crippen molar-refractivity contribution in [1.29, 1.82) is 0 Å². The second-order valence-corrected chi connectivity index (χ2v) is 8.51. The minimum Gasteiger partial charge on any atom is -0.383 e. The molecule has 0 atom stereocenters. The van der Waals surface area contributed by atoms with Gasteiger partial charge < -0.3 is 21.7 Å². The smallest absolute Gasteiger partial charge is 0.323 e. The van der Waals surface area contributed by atoms with Crippen LogP contribution < -0.4 is 21.7 Å². The summed E-state index contributed by atoms with van der Waals surface area (Å²) in [6, 6.07) is 11.4. The maximum atomic E-state index is 13.9. The Labute approximate surface area is 201 Å². The Morgan fingerprint density at radius 2 is 1.97 bits per heavy atom. The molecule has 0 aliphatic rings. The molecule has 8 heteroatoms. The van der Waals surface area contributed by atoms with Gasteiger partial charge in [-0.3, -0.25) is 0 Å². The molecule has 2 aromatic heterocycles. The van der Waals surface area contributed by atoms with Crippen LogP contribution in [0.2, 0.25) is 0 Å². The number of aryl methyl sites for hydroxylation is 1. The molecule has 0 bridgehead atoms. The summed E-state index contributed by atoms with van der Waals surface area (Å²) in [5.74, 6) is 6.24. The molecule has 0 saturated heterocycles. The van der Waals surface area contributed by atoms with E-state index in [0.717, 1.165) is 38.9 Å². The molecule has 0 aliphatic heterocycles. The van der Waals surface area contributed by atoms with Gasteiger partial charge in [-0.15, -0.1) is 11.3 Å². The van der Waals surface area contributed by atoms with Crippen molar-refractivity contribution in [1.82, 2.24) is 10.3 Å². The molecule has 172 valence electrons. The Morgan fingerprint density at radius 1 is 1.18 bits per heavy atom. The van der Waals surface area contributed by atoms with Gasteiger partial charge in [-0.25, -0.2) is 14.2 Å². The van der Waals surface area contributed by atoms with Crippen molar-refractivity contribution in [2.75, 3.05) is 29.5 Å². The Hall–Kier alpha value is -3.93. The predicted octanol–water partition coefficient (Wildman–Crippen LogP) is 5.60. The number of halogens is 1. The Bertz CT molecular complexity index is 1400. The van der Waals surface area contributed by atoms with Crippen LogP contribution in [-0.2, 0) is 0 Å². The predicted molar refractivity (Wildman–Crippen MR) is 139 cm³/mol. The number of nitrogen functional groups attached to an aromatic ring is 1. The van der Waals surface area contributed by atoms with Crippen molar-refractivity contribution in [3.05, 3.63) is 71.0 Å². The number of benzene rings is 2. The van der Waals surface area contributed by atoms with Gasteiger partial charge in [0.15, 0.2) is 0 Å². The fraction of sp³-hybridized carbons (Fsp3) is 0.154. The average molecular weight is 474 g/mol. The van der Waals surface area contributed by atoms with Crippen LogP contribution in [0.4, 0.5) is 26.4 Å². The summed E-state index contributed by atoms with van der Waals surface area (Å²) in [6.07, 6.45) is 1.71. The summed E-state index contributed by atoms with van der Waals surface area (Å²) >= 11 is 1.57. The van der Waals surface area contributed by atoms with E-state index in [-0.39, 0.29) is 5.69 Å². The number of nitrogens with two attached hydrogens (primary N) is 1. The van der Waals surface area contributed by atoms with Gasteiger partial charge in [0.1, 0.15) is 11.6 Å². The lowest BCUT2D eigenvalue weighted by Gasteiger charge is -2.10. The van der Waals surface area contributed by atoms with Crippen molar-refractivity contribution in [2.45, 2.75) is 13.8 Å². The fourth-order valence-corrected chi connectivity index (χ4v) is 4.50. The molecular weight excluding hydrogens is 449 g/mol. The molecule has 2 aromatic carbocycles. The molecular formula is C26H24FN5OS. The van der Waals surface area contributed by atoms with Crippen LogP contribution in [0, 0.1) is 24.6 Å². The lowest BCUT2D eigenvalue weighted by Crippen LogP contribution is -2.20. The second-order valence-electron chi connectivity index (χ2n) is 7.63. The van der Waals surface area contributed by atoms with Crippen LogP contribution in [0.15, 0.2) is 54.0 Å². The Balaban J connectivity index is 1.53. The van der Waals surface area contributed by atoms with E-state index in [4.69, 9.17) is 5.73 Å². The van der Waals surface area contributed by atoms with E-state index in [1.54, 1.807) is 41.8 Å². The number of hydrogen-bond acceptors (Lipinski definition) is 5. The van der Waals surface area contributed by atoms with Crippen LogP contribution >= 0.6 is 11.3 Å². The molecule has 2 amide bonds. The van der Waals surface area contributed by atoms with E-state index in [2.05, 4.69) is 32.8 Å². The first-order valence-corrected chi connectivity index (χ1v) is 11.6. The summed E-state index contributed by atoms with van der Waals surface area (Å²) in [7, 11) is 0. The number of nitrogens with zero attached hydrogens (tertiary/aromatic N) is 1. The standard InChI is InChI=1S/C26H24FN5OS/c1-3-29-12-4-5-18-14-30-25(28)23-20(15-34-24(18)23)17-7-9-19(10-8-17)31-26(33)32-22-13-16(2)6-11-21(22)27/h6-11,13-15,29H,3,12H2,1-2H3,(H2,28,30)(H2,31,32,33). The molecule has 0 unspecified atom stereocenters. The monoisotopic (exact) mass is 473 g/mol. The maximum Gasteiger partial charge on any atom is 0.323 e. The van der Waals surface area contributed by atoms with E-state index in [0.29, 0.717) is 18.1 Å². The van der Waals surface area contributed by atoms with Gasteiger partial charge in [0.2, 0.25) is 0 Å². The maximum absolute atomic E-state index is 13.9. The molecule has 0 fully saturated rings. The average Bonchev–Trinajstić information content (AvgIpc) is 3.27. The van der Waals surface area contributed by atoms with Crippen molar-refractivity contribution >= 4 is 44.6 Å². The van der Waals surface area contributed by atoms with E-state index >= 15 is 0 Å². The number of aromatic nitrogens is 1. The molecule has 0 radical (unpaired) electrons. The minimum absolute atomic E-state index is 0.131. The first kappa shape index (κ1) is 23.2. The number of nitrogens with one attached hydrogen (secondary N) is 3. The highest BCUT2D eigenvalue weighted by molar-refractivity contribution is 7.18. The van der Waals surface area contributed by atoms with Gasteiger partial charge in [-0.1, -0.05) is 37.0 Å². The van der Waals surface area contributed by atoms with Gasteiger partial charge in [0, 0.05) is 22.8 Å². The third-order valence-corrected chi connectivity index (χ3v) is 6.15. The number of urea groups is 1. The topological polar surface area (TPSA) is 92.1 Å². The zero-order chi connectivity index (χ0) is 24.1. The molecule has 5 N–H and O–H groups in total. The molecule has 6 nitrogen and oxygen atoms in total. The zero-order valence-corrected chi connectivity index (χ0v) is 19.6. The molecule has 34 heavy (non-hydrogen) atoms. The first-order valence-electron chi connectivity index (χ1n) is 10.8. The highest BCUT2D eigenvalue weighted by Crippen LogP contribution is 2.38. The van der Waals surface area contributed by atoms with Crippen LogP contribution in [0.5, 0.6) is 0 Å². The number of rotatable bonds is 5. The number of hydrogen-bond donors (Lipinski definition) is 4. The van der Waals surface area contributed by atoms with Crippen molar-refractivity contribution in [3.8, 4) is 23.0 Å². The number of carbonyl (C=O) groups excluding carboxylic acids is 1. The summed E-state index contributed by atoms with van der Waals surface area (Å²) in [5.41, 5.74) is 10.5. The third-order valence-electron chi connectivity index (χ3n) is 5.13. The van der Waals surface area contributed by atoms with Gasteiger partial charge in [0.25, 0.3) is 0 Å². The van der Waals surface area contributed by atoms with E-state index in [1.165, 1.54) is 6.07 Å². The lowest BCUT2D eigenvalue weighted by molar-refractivity contribution is 0.262. The molecule has 0 saturated carbocycles. The lowest BCUT2D eigenvalue weighted by atomic mass is 10.0. The fourth-order valence-electron chi connectivity index (χ4n) is 3.45. The van der Waals surface area contributed by atoms with E-state index in [9.17, 15) is 9.18 Å². The SMILES string of the molecule is CCNCC#Cc1cnc(N)c2c(-c3ccc(NC(=O)Nc4cc(C)ccc4F)cc3)csc12. The summed E-state index contributed by atoms with van der Waals surface area (Å²) in [5, 5.41) is 11.3. The minimum atomic E-state index is -0.521. The number of fused-ring (bicyclic) bond motifs is 1. The van der Waals surface area contributed by atoms with E-state index in [1.807, 2.05) is 31.4 Å². The normalized spacial score (nSPS) is 10.6. The first-order chi connectivity index (χ1) is 16.5. The van der Waals surface area contributed by atoms with Crippen molar-refractivity contribution in [2.24, 2.45) is 0 Å². The molecule has 4 aromatic rings. The van der Waals surface area contributed by atoms with E-state index < -0.39 is 11.8 Å². The number of pyridine rings is 1. The summed E-state index contributed by atoms with van der Waals surface area (Å²) < 4.78 is 14.9. The van der Waals surface area contributed by atoms with Crippen LogP contribution in [0.3, 0.4) is 0 Å². The van der Waals surface area contributed by atoms with Crippen LogP contribution in [-0.4, -0.2) is 24.1 Å². The van der Waals surface area contributed by atoms with Gasteiger partial charge >= 0.3 is 6.03 Å². The highest BCUT2D eigenvalue weighted by Gasteiger charge is 2.14. The van der Waals surface area contributed by atoms with Crippen molar-refractivity contribution in [3.63, 3.8) is 0 Å². The quantitative estimate of drug-likeness (QED) is 0.224. The summed E-state index contributed by atoms with van der Waals surface area (Å²) in [4.78, 5) is 16.7. The second kappa shape index (κ2) is 10.3. The summed E-state index contributed by atoms with van der Waals surface area (Å²) in [6.45, 7) is 5.34. The van der Waals surface area contributed by atoms with Gasteiger partial charge in [0.05, 0.1) is 22.5 Å². The zero-order valence-electron chi connectivity index (χ0n) is 18.8.